The number of thioether (sulfide) groups is 1. The Morgan fingerprint density at radius 2 is 1.00 bits per heavy atom. The van der Waals surface area contributed by atoms with Crippen LogP contribution >= 0.6 is 11.8 Å². The van der Waals surface area contributed by atoms with Crippen LogP contribution in [0.25, 0.3) is 0 Å². The fourth-order valence-electron chi connectivity index (χ4n) is 2.51. The lowest BCUT2D eigenvalue weighted by Gasteiger charge is -2.03. The highest BCUT2D eigenvalue weighted by Gasteiger charge is 1.95. The van der Waals surface area contributed by atoms with Crippen LogP contribution in [0.15, 0.2) is 0 Å². The Bertz CT molecular complexity index is 204. The highest BCUT2D eigenvalue weighted by molar-refractivity contribution is 8.13. The zero-order valence-electron chi connectivity index (χ0n) is 13.9. The summed E-state index contributed by atoms with van der Waals surface area (Å²) < 4.78 is 0. The molecule has 20 heavy (non-hydrogen) atoms. The van der Waals surface area contributed by atoms with Crippen molar-refractivity contribution in [2.75, 3.05) is 5.75 Å². The lowest BCUT2D eigenvalue weighted by atomic mass is 10.0. The van der Waals surface area contributed by atoms with Crippen LogP contribution in [-0.4, -0.2) is 10.9 Å². The van der Waals surface area contributed by atoms with Gasteiger partial charge in [-0.3, -0.25) is 4.79 Å². The molecular weight excluding hydrogens is 264 g/mol. The van der Waals surface area contributed by atoms with Gasteiger partial charge in [0.25, 0.3) is 0 Å². The van der Waals surface area contributed by atoms with Gasteiger partial charge in [0.05, 0.1) is 0 Å². The van der Waals surface area contributed by atoms with Crippen molar-refractivity contribution >= 4 is 16.9 Å². The van der Waals surface area contributed by atoms with Crippen molar-refractivity contribution in [1.29, 1.82) is 0 Å². The Hall–Kier alpha value is 0.0200. The molecule has 0 N–H and O–H groups in total. The minimum Gasteiger partial charge on any atom is -0.288 e. The smallest absolute Gasteiger partial charge is 0.185 e. The van der Waals surface area contributed by atoms with Crippen LogP contribution in [-0.2, 0) is 4.79 Å². The third-order valence-electron chi connectivity index (χ3n) is 3.80. The van der Waals surface area contributed by atoms with Crippen LogP contribution in [0.2, 0.25) is 0 Å². The van der Waals surface area contributed by atoms with Gasteiger partial charge in [0.2, 0.25) is 0 Å². The number of hydrogen-bond acceptors (Lipinski definition) is 2. The molecule has 0 saturated carbocycles. The number of carbonyl (C=O) groups is 1. The molecule has 0 bridgehead atoms. The Labute approximate surface area is 131 Å². The van der Waals surface area contributed by atoms with Gasteiger partial charge in [0, 0.05) is 12.7 Å². The van der Waals surface area contributed by atoms with Crippen molar-refractivity contribution in [2.45, 2.75) is 104 Å². The molecule has 0 aromatic heterocycles. The van der Waals surface area contributed by atoms with E-state index in [-0.39, 0.29) is 5.12 Å². The first kappa shape index (κ1) is 20.0. The molecule has 0 atom stereocenters. The van der Waals surface area contributed by atoms with Crippen molar-refractivity contribution in [3.63, 3.8) is 0 Å². The highest BCUT2D eigenvalue weighted by Crippen LogP contribution is 2.13. The first-order valence-electron chi connectivity index (χ1n) is 8.90. The van der Waals surface area contributed by atoms with Crippen LogP contribution < -0.4 is 0 Å². The summed E-state index contributed by atoms with van der Waals surface area (Å²) >= 11 is 1.48. The fourth-order valence-corrected chi connectivity index (χ4v) is 3.15. The first-order chi connectivity index (χ1) is 9.77. The Morgan fingerprint density at radius 1 is 0.650 bits per heavy atom. The van der Waals surface area contributed by atoms with Gasteiger partial charge >= 0.3 is 0 Å². The minimum absolute atomic E-state index is 0.264. The summed E-state index contributed by atoms with van der Waals surface area (Å²) in [5.41, 5.74) is 0. The average Bonchev–Trinajstić information content (AvgIpc) is 2.43. The standard InChI is InChI=1S/C18H36OS/c1-3-4-5-6-7-8-9-10-11-12-13-14-15-16-17-20-18(2)19/h3-17H2,1-2H3. The second kappa shape index (κ2) is 17.1. The van der Waals surface area contributed by atoms with E-state index in [1.54, 1.807) is 6.92 Å². The minimum atomic E-state index is 0.264. The summed E-state index contributed by atoms with van der Waals surface area (Å²) in [7, 11) is 0. The molecule has 0 saturated heterocycles. The van der Waals surface area contributed by atoms with Gasteiger partial charge in [0.15, 0.2) is 5.12 Å². The second-order valence-corrected chi connectivity index (χ2v) is 7.21. The fraction of sp³-hybridized carbons (Fsp3) is 0.944. The lowest BCUT2D eigenvalue weighted by molar-refractivity contribution is -0.109. The number of unbranched alkanes of at least 4 members (excludes halogenated alkanes) is 13. The van der Waals surface area contributed by atoms with E-state index in [4.69, 9.17) is 0 Å². The number of rotatable bonds is 15. The van der Waals surface area contributed by atoms with E-state index in [2.05, 4.69) is 6.92 Å². The van der Waals surface area contributed by atoms with Gasteiger partial charge in [-0.2, -0.15) is 0 Å². The quantitative estimate of drug-likeness (QED) is 0.311. The lowest BCUT2D eigenvalue weighted by Crippen LogP contribution is -1.87. The topological polar surface area (TPSA) is 17.1 Å². The normalized spacial score (nSPS) is 10.9. The monoisotopic (exact) mass is 300 g/mol. The van der Waals surface area contributed by atoms with Gasteiger partial charge in [-0.05, 0) is 6.42 Å². The largest absolute Gasteiger partial charge is 0.288 e. The molecule has 0 aromatic carbocycles. The van der Waals surface area contributed by atoms with Crippen molar-refractivity contribution in [1.82, 2.24) is 0 Å². The summed E-state index contributed by atoms with van der Waals surface area (Å²) in [6.07, 6.45) is 19.6. The third kappa shape index (κ3) is 18.0. The van der Waals surface area contributed by atoms with Crippen LogP contribution in [0.1, 0.15) is 104 Å². The summed E-state index contributed by atoms with van der Waals surface area (Å²) in [6.45, 7) is 3.94. The first-order valence-corrected chi connectivity index (χ1v) is 9.89. The molecule has 0 aromatic rings. The SMILES string of the molecule is CCCCCCCCCCCCCCCCSC(C)=O. The molecule has 2 heteroatoms. The van der Waals surface area contributed by atoms with E-state index >= 15 is 0 Å². The predicted molar refractivity (Wildman–Crippen MR) is 93.5 cm³/mol. The maximum atomic E-state index is 10.7. The van der Waals surface area contributed by atoms with Gasteiger partial charge in [-0.15, -0.1) is 0 Å². The van der Waals surface area contributed by atoms with Gasteiger partial charge in [0.1, 0.15) is 0 Å². The van der Waals surface area contributed by atoms with Crippen molar-refractivity contribution in [2.24, 2.45) is 0 Å². The van der Waals surface area contributed by atoms with Crippen LogP contribution in [0, 0.1) is 0 Å². The van der Waals surface area contributed by atoms with Gasteiger partial charge in [-0.25, -0.2) is 0 Å². The number of carbonyl (C=O) groups excluding carboxylic acids is 1. The summed E-state index contributed by atoms with van der Waals surface area (Å²) in [6, 6.07) is 0. The zero-order valence-corrected chi connectivity index (χ0v) is 14.7. The van der Waals surface area contributed by atoms with Crippen molar-refractivity contribution < 1.29 is 4.79 Å². The van der Waals surface area contributed by atoms with E-state index in [1.165, 1.54) is 102 Å². The van der Waals surface area contributed by atoms with E-state index < -0.39 is 0 Å². The molecule has 0 amide bonds. The average molecular weight is 301 g/mol. The van der Waals surface area contributed by atoms with Gasteiger partial charge < -0.3 is 0 Å². The van der Waals surface area contributed by atoms with E-state index in [0.29, 0.717) is 0 Å². The molecule has 0 rings (SSSR count). The van der Waals surface area contributed by atoms with E-state index in [0.717, 1.165) is 5.75 Å². The maximum absolute atomic E-state index is 10.7. The molecule has 0 aliphatic heterocycles. The summed E-state index contributed by atoms with van der Waals surface area (Å²) in [5, 5.41) is 0.264. The van der Waals surface area contributed by atoms with Gasteiger partial charge in [-0.1, -0.05) is 102 Å². The van der Waals surface area contributed by atoms with E-state index in [9.17, 15) is 4.79 Å². The Morgan fingerprint density at radius 3 is 1.35 bits per heavy atom. The summed E-state index contributed by atoms with van der Waals surface area (Å²) in [4.78, 5) is 10.7. The Balaban J connectivity index is 2.94. The van der Waals surface area contributed by atoms with Crippen LogP contribution in [0.4, 0.5) is 0 Å². The van der Waals surface area contributed by atoms with Crippen molar-refractivity contribution in [3.8, 4) is 0 Å². The summed E-state index contributed by atoms with van der Waals surface area (Å²) in [5.74, 6) is 1.02. The molecular formula is C18H36OS. The molecule has 0 heterocycles. The molecule has 0 aliphatic carbocycles. The molecule has 0 aliphatic rings. The molecule has 0 unspecified atom stereocenters. The second-order valence-electron chi connectivity index (χ2n) is 5.94. The number of hydrogen-bond donors (Lipinski definition) is 0. The zero-order chi connectivity index (χ0) is 14.9. The predicted octanol–water partition coefficient (Wildman–Crippen LogP) is 6.75. The van der Waals surface area contributed by atoms with Crippen LogP contribution in [0.3, 0.4) is 0 Å². The molecule has 0 spiro atoms. The third-order valence-corrected chi connectivity index (χ3v) is 4.70. The highest BCUT2D eigenvalue weighted by atomic mass is 32.2. The molecule has 0 fully saturated rings. The molecule has 0 radical (unpaired) electrons. The maximum Gasteiger partial charge on any atom is 0.185 e. The van der Waals surface area contributed by atoms with Crippen molar-refractivity contribution in [3.05, 3.63) is 0 Å². The Kier molecular flexibility index (Phi) is 17.1. The molecule has 1 nitrogen and oxygen atoms in total. The van der Waals surface area contributed by atoms with Crippen LogP contribution in [0.5, 0.6) is 0 Å². The molecule has 120 valence electrons. The van der Waals surface area contributed by atoms with E-state index in [1.807, 2.05) is 0 Å².